The minimum absolute atomic E-state index is 0.148. The second-order valence-electron chi connectivity index (χ2n) is 2.62. The van der Waals surface area contributed by atoms with E-state index >= 15 is 0 Å². The van der Waals surface area contributed by atoms with Crippen LogP contribution in [0.5, 0.6) is 0 Å². The number of carbonyl (C=O) groups is 3. The molecule has 0 atom stereocenters. The van der Waals surface area contributed by atoms with Crippen LogP contribution >= 0.6 is 47.8 Å². The molecule has 0 radical (unpaired) electrons. The molecule has 0 aromatic carbocycles. The summed E-state index contributed by atoms with van der Waals surface area (Å²) in [6.07, 6.45) is 0. The Labute approximate surface area is 117 Å². The van der Waals surface area contributed by atoms with Crippen LogP contribution in [-0.2, 0) is 23.9 Å². The van der Waals surface area contributed by atoms with Gasteiger partial charge in [-0.05, 0) is 54.7 Å². The number of esters is 3. The summed E-state index contributed by atoms with van der Waals surface area (Å²) in [4.78, 5) is 33.0. The Bertz CT molecular complexity index is 331. The minimum atomic E-state index is -1.33. The van der Waals surface area contributed by atoms with Crippen molar-refractivity contribution in [2.45, 2.75) is 9.07 Å². The highest BCUT2D eigenvalue weighted by molar-refractivity contribution is 9.40. The predicted molar refractivity (Wildman–Crippen MR) is 66.4 cm³/mol. The minimum Gasteiger partial charge on any atom is -0.450 e. The second kappa shape index (κ2) is 6.51. The Kier molecular flexibility index (Phi) is 6.42. The predicted octanol–water partition coefficient (Wildman–Crippen LogP) is 2.01. The molecule has 0 aromatic heterocycles. The van der Waals surface area contributed by atoms with Crippen LogP contribution in [-0.4, -0.2) is 26.7 Å². The summed E-state index contributed by atoms with van der Waals surface area (Å²) < 4.78 is 7.45. The highest BCUT2D eigenvalue weighted by atomic mass is 80.0. The molecular weight excluding hydrogens is 416 g/mol. The number of hydrogen-bond donors (Lipinski definition) is 0. The van der Waals surface area contributed by atoms with E-state index in [1.54, 1.807) is 0 Å². The van der Waals surface area contributed by atoms with Crippen LogP contribution in [0, 0.1) is 0 Å². The van der Waals surface area contributed by atoms with E-state index in [4.69, 9.17) is 0 Å². The van der Waals surface area contributed by atoms with Crippen LogP contribution in [0.2, 0.25) is 0 Å². The van der Waals surface area contributed by atoms with E-state index in [1.807, 2.05) is 0 Å². The van der Waals surface area contributed by atoms with E-state index in [-0.39, 0.29) is 5.57 Å². The first kappa shape index (κ1) is 15.8. The van der Waals surface area contributed by atoms with Crippen molar-refractivity contribution < 1.29 is 23.9 Å². The fraction of sp³-hybridized carbons (Fsp3) is 0.375. The van der Waals surface area contributed by atoms with Crippen LogP contribution in [0.15, 0.2) is 12.2 Å². The van der Waals surface area contributed by atoms with Crippen LogP contribution < -0.4 is 0 Å². The summed E-state index contributed by atoms with van der Waals surface area (Å²) in [5.74, 6) is -2.63. The fourth-order valence-corrected chi connectivity index (χ4v) is 0.681. The van der Waals surface area contributed by atoms with Crippen molar-refractivity contribution in [1.29, 1.82) is 0 Å². The van der Waals surface area contributed by atoms with Crippen molar-refractivity contribution in [1.82, 2.24) is 0 Å². The number of rotatable bonds is 3. The second-order valence-corrected chi connectivity index (χ2v) is 9.38. The van der Waals surface area contributed by atoms with Crippen molar-refractivity contribution in [2.24, 2.45) is 0 Å². The third-order valence-electron chi connectivity index (χ3n) is 1.11. The Morgan fingerprint density at radius 1 is 1.25 bits per heavy atom. The quantitative estimate of drug-likeness (QED) is 0.301. The van der Waals surface area contributed by atoms with E-state index in [1.165, 1.54) is 6.92 Å². The third kappa shape index (κ3) is 6.39. The van der Waals surface area contributed by atoms with Gasteiger partial charge in [0.2, 0.25) is 2.14 Å². The molecule has 5 nitrogen and oxygen atoms in total. The molecule has 0 aliphatic carbocycles. The molecule has 0 rings (SSSR count). The molecule has 8 heteroatoms. The van der Waals surface area contributed by atoms with Gasteiger partial charge in [0, 0.05) is 5.57 Å². The molecule has 0 heterocycles. The highest BCUT2D eigenvalue weighted by Gasteiger charge is 2.32. The first-order valence-electron chi connectivity index (χ1n) is 3.79. The number of hydrogen-bond acceptors (Lipinski definition) is 5. The molecule has 0 spiro atoms. The van der Waals surface area contributed by atoms with Gasteiger partial charge in [-0.1, -0.05) is 6.58 Å². The van der Waals surface area contributed by atoms with Crippen LogP contribution in [0.4, 0.5) is 0 Å². The lowest BCUT2D eigenvalue weighted by atomic mass is 10.4. The number of alkyl halides is 3. The lowest BCUT2D eigenvalue weighted by molar-refractivity contribution is -0.165. The van der Waals surface area contributed by atoms with Gasteiger partial charge in [-0.3, -0.25) is 0 Å². The molecule has 0 aliphatic rings. The maximum Gasteiger partial charge on any atom is 0.352 e. The maximum absolute atomic E-state index is 11.1. The Morgan fingerprint density at radius 3 is 2.12 bits per heavy atom. The lowest BCUT2D eigenvalue weighted by Gasteiger charge is -2.10. The van der Waals surface area contributed by atoms with Gasteiger partial charge in [-0.25, -0.2) is 14.4 Å². The summed E-state index contributed by atoms with van der Waals surface area (Å²) in [7, 11) is 0. The fourth-order valence-electron chi connectivity index (χ4n) is 0.438. The normalized spacial score (nSPS) is 10.5. The summed E-state index contributed by atoms with van der Waals surface area (Å²) in [6, 6.07) is 0. The largest absolute Gasteiger partial charge is 0.450 e. The Morgan fingerprint density at radius 2 is 1.75 bits per heavy atom. The average molecular weight is 423 g/mol. The highest BCUT2D eigenvalue weighted by Crippen LogP contribution is 2.34. The van der Waals surface area contributed by atoms with Gasteiger partial charge in [0.1, 0.15) is 0 Å². The zero-order valence-corrected chi connectivity index (χ0v) is 12.8. The van der Waals surface area contributed by atoms with E-state index in [2.05, 4.69) is 63.8 Å². The Hall–Kier alpha value is -0.210. The molecule has 0 unspecified atom stereocenters. The van der Waals surface area contributed by atoms with Crippen LogP contribution in [0.1, 0.15) is 6.92 Å². The Balaban J connectivity index is 4.07. The molecular formula is C8H7Br3O5. The molecule has 0 amide bonds. The van der Waals surface area contributed by atoms with E-state index in [0.717, 1.165) is 0 Å². The first-order valence-corrected chi connectivity index (χ1v) is 6.17. The van der Waals surface area contributed by atoms with Crippen molar-refractivity contribution in [3.8, 4) is 0 Å². The van der Waals surface area contributed by atoms with Crippen molar-refractivity contribution in [3.05, 3.63) is 12.2 Å². The van der Waals surface area contributed by atoms with Gasteiger partial charge >= 0.3 is 17.9 Å². The molecule has 0 saturated carbocycles. The molecule has 16 heavy (non-hydrogen) atoms. The zero-order valence-electron chi connectivity index (χ0n) is 8.09. The van der Waals surface area contributed by atoms with Crippen LogP contribution in [0.25, 0.3) is 0 Å². The summed E-state index contributed by atoms with van der Waals surface area (Å²) in [5.41, 5.74) is 0.148. The molecule has 0 N–H and O–H groups in total. The van der Waals surface area contributed by atoms with Gasteiger partial charge in [0.15, 0.2) is 6.61 Å². The molecule has 0 aliphatic heterocycles. The standard InChI is InChI=1S/C8H7Br3O5/c1-4(2)6(13)15-3-5(12)16-7(14)8(9,10)11/h1,3H2,2H3. The summed E-state index contributed by atoms with van der Waals surface area (Å²) in [5, 5.41) is 0. The first-order chi connectivity index (χ1) is 7.14. The SMILES string of the molecule is C=C(C)C(=O)OCC(=O)OC(=O)C(Br)(Br)Br. The average Bonchev–Trinajstić information content (AvgIpc) is 2.12. The van der Waals surface area contributed by atoms with Gasteiger partial charge in [0.25, 0.3) is 0 Å². The zero-order chi connectivity index (χ0) is 12.9. The van der Waals surface area contributed by atoms with Crippen molar-refractivity contribution in [3.63, 3.8) is 0 Å². The summed E-state index contributed by atoms with van der Waals surface area (Å²) in [6.45, 7) is 4.09. The molecule has 90 valence electrons. The summed E-state index contributed by atoms with van der Waals surface area (Å²) >= 11 is 8.58. The molecule has 0 bridgehead atoms. The van der Waals surface area contributed by atoms with E-state index < -0.39 is 26.7 Å². The van der Waals surface area contributed by atoms with Gasteiger partial charge < -0.3 is 9.47 Å². The van der Waals surface area contributed by atoms with Crippen LogP contribution in [0.3, 0.4) is 0 Å². The molecule has 0 aromatic rings. The van der Waals surface area contributed by atoms with Gasteiger partial charge in [-0.2, -0.15) is 0 Å². The number of ether oxygens (including phenoxy) is 2. The molecule has 0 fully saturated rings. The van der Waals surface area contributed by atoms with Crippen molar-refractivity contribution in [2.75, 3.05) is 6.61 Å². The maximum atomic E-state index is 11.1. The van der Waals surface area contributed by atoms with E-state index in [9.17, 15) is 14.4 Å². The smallest absolute Gasteiger partial charge is 0.352 e. The monoisotopic (exact) mass is 420 g/mol. The van der Waals surface area contributed by atoms with Crippen molar-refractivity contribution >= 4 is 65.7 Å². The van der Waals surface area contributed by atoms with Gasteiger partial charge in [-0.15, -0.1) is 0 Å². The number of halogens is 3. The third-order valence-corrected chi connectivity index (χ3v) is 2.08. The van der Waals surface area contributed by atoms with E-state index in [0.29, 0.717) is 0 Å². The number of carbonyl (C=O) groups excluding carboxylic acids is 3. The lowest BCUT2D eigenvalue weighted by Crippen LogP contribution is -2.26. The van der Waals surface area contributed by atoms with Gasteiger partial charge in [0.05, 0.1) is 0 Å². The molecule has 0 saturated heterocycles. The topological polar surface area (TPSA) is 69.7 Å².